The van der Waals surface area contributed by atoms with Crippen molar-refractivity contribution in [2.75, 3.05) is 6.61 Å². The molecular formula is C7H9NOS. The van der Waals surface area contributed by atoms with Crippen LogP contribution in [0.25, 0.3) is 5.76 Å². The zero-order valence-electron chi connectivity index (χ0n) is 5.83. The minimum absolute atomic E-state index is 0.663. The molecule has 0 saturated carbocycles. The first-order chi connectivity index (χ1) is 4.84. The van der Waals surface area contributed by atoms with Crippen molar-refractivity contribution < 1.29 is 4.74 Å². The highest BCUT2D eigenvalue weighted by molar-refractivity contribution is 7.10. The van der Waals surface area contributed by atoms with Gasteiger partial charge in [-0.25, -0.2) is 0 Å². The van der Waals surface area contributed by atoms with Crippen molar-refractivity contribution in [3.05, 3.63) is 23.2 Å². The lowest BCUT2D eigenvalue weighted by Crippen LogP contribution is -1.85. The quantitative estimate of drug-likeness (QED) is 0.624. The van der Waals surface area contributed by atoms with E-state index >= 15 is 0 Å². The van der Waals surface area contributed by atoms with Crippen molar-refractivity contribution in [2.24, 2.45) is 0 Å². The van der Waals surface area contributed by atoms with Crippen molar-refractivity contribution in [3.8, 4) is 0 Å². The van der Waals surface area contributed by atoms with Crippen LogP contribution >= 0.6 is 11.3 Å². The zero-order valence-corrected chi connectivity index (χ0v) is 6.65. The van der Waals surface area contributed by atoms with Gasteiger partial charge in [-0.1, -0.05) is 6.58 Å². The lowest BCUT2D eigenvalue weighted by atomic mass is 10.5. The van der Waals surface area contributed by atoms with E-state index in [0.29, 0.717) is 12.4 Å². The van der Waals surface area contributed by atoms with E-state index in [1.807, 2.05) is 6.92 Å². The molecule has 3 heteroatoms. The van der Waals surface area contributed by atoms with Gasteiger partial charge in [-0.05, 0) is 6.92 Å². The van der Waals surface area contributed by atoms with Gasteiger partial charge < -0.3 is 4.74 Å². The molecule has 2 nitrogen and oxygen atoms in total. The second-order valence-corrected chi connectivity index (χ2v) is 2.61. The van der Waals surface area contributed by atoms with Crippen molar-refractivity contribution in [1.29, 1.82) is 0 Å². The topological polar surface area (TPSA) is 22.1 Å². The zero-order chi connectivity index (χ0) is 7.40. The molecule has 10 heavy (non-hydrogen) atoms. The first kappa shape index (κ1) is 7.28. The summed E-state index contributed by atoms with van der Waals surface area (Å²) in [6.45, 7) is 6.34. The third-order valence-electron chi connectivity index (χ3n) is 1.03. The smallest absolute Gasteiger partial charge is 0.130 e. The molecule has 0 aliphatic rings. The number of hydrogen-bond acceptors (Lipinski definition) is 3. The van der Waals surface area contributed by atoms with E-state index in [9.17, 15) is 0 Å². The normalized spacial score (nSPS) is 9.30. The van der Waals surface area contributed by atoms with Crippen molar-refractivity contribution in [3.63, 3.8) is 0 Å². The molecule has 0 saturated heterocycles. The molecule has 0 amide bonds. The van der Waals surface area contributed by atoms with Crippen LogP contribution in [0.15, 0.2) is 18.3 Å². The van der Waals surface area contributed by atoms with Crippen molar-refractivity contribution in [2.45, 2.75) is 6.92 Å². The molecule has 54 valence electrons. The van der Waals surface area contributed by atoms with E-state index in [0.717, 1.165) is 4.88 Å². The number of hydrogen-bond donors (Lipinski definition) is 0. The Kier molecular flexibility index (Phi) is 2.45. The molecule has 0 N–H and O–H groups in total. The average Bonchev–Trinajstić information content (AvgIpc) is 2.38. The number of thiazole rings is 1. The number of rotatable bonds is 3. The van der Waals surface area contributed by atoms with Gasteiger partial charge in [0.05, 0.1) is 17.0 Å². The van der Waals surface area contributed by atoms with Gasteiger partial charge in [-0.15, -0.1) is 11.3 Å². The van der Waals surface area contributed by atoms with E-state index in [2.05, 4.69) is 11.6 Å². The standard InChI is InChI=1S/C7H9NOS/c1-3-9-6(2)7-4-8-5-10-7/h4-5H,2-3H2,1H3. The number of nitrogens with zero attached hydrogens (tertiary/aromatic N) is 1. The molecule has 0 aromatic carbocycles. The van der Waals surface area contributed by atoms with Gasteiger partial charge in [0.1, 0.15) is 5.76 Å². The van der Waals surface area contributed by atoms with Crippen LogP contribution in [-0.4, -0.2) is 11.6 Å². The van der Waals surface area contributed by atoms with Crippen LogP contribution < -0.4 is 0 Å². The van der Waals surface area contributed by atoms with Crippen LogP contribution in [0.2, 0.25) is 0 Å². The third-order valence-corrected chi connectivity index (χ3v) is 1.84. The molecule has 0 bridgehead atoms. The SMILES string of the molecule is C=C(OCC)c1cncs1. The Hall–Kier alpha value is -0.830. The first-order valence-corrected chi connectivity index (χ1v) is 3.93. The van der Waals surface area contributed by atoms with Gasteiger partial charge in [-0.3, -0.25) is 4.98 Å². The summed E-state index contributed by atoms with van der Waals surface area (Å²) in [5.74, 6) is 0.713. The van der Waals surface area contributed by atoms with Crippen molar-refractivity contribution in [1.82, 2.24) is 4.98 Å². The van der Waals surface area contributed by atoms with Crippen LogP contribution in [-0.2, 0) is 4.74 Å². The van der Waals surface area contributed by atoms with E-state index in [4.69, 9.17) is 4.74 Å². The van der Waals surface area contributed by atoms with Crippen LogP contribution in [0.5, 0.6) is 0 Å². The Morgan fingerprint density at radius 3 is 3.20 bits per heavy atom. The van der Waals surface area contributed by atoms with Gasteiger partial charge in [0.2, 0.25) is 0 Å². The Bertz CT molecular complexity index is 205. The van der Waals surface area contributed by atoms with Crippen LogP contribution in [0.4, 0.5) is 0 Å². The maximum Gasteiger partial charge on any atom is 0.130 e. The van der Waals surface area contributed by atoms with E-state index in [-0.39, 0.29) is 0 Å². The highest BCUT2D eigenvalue weighted by Crippen LogP contribution is 2.16. The van der Waals surface area contributed by atoms with Gasteiger partial charge in [0, 0.05) is 6.20 Å². The molecular weight excluding hydrogens is 146 g/mol. The van der Waals surface area contributed by atoms with E-state index in [1.165, 1.54) is 11.3 Å². The molecule has 0 atom stereocenters. The molecule has 1 heterocycles. The highest BCUT2D eigenvalue weighted by atomic mass is 32.1. The number of ether oxygens (including phenoxy) is 1. The predicted octanol–water partition coefficient (Wildman–Crippen LogP) is 2.15. The van der Waals surface area contributed by atoms with Gasteiger partial charge in [0.15, 0.2) is 0 Å². The summed E-state index contributed by atoms with van der Waals surface area (Å²) < 4.78 is 5.16. The summed E-state index contributed by atoms with van der Waals surface area (Å²) in [4.78, 5) is 4.90. The van der Waals surface area contributed by atoms with Gasteiger partial charge >= 0.3 is 0 Å². The molecule has 0 aliphatic carbocycles. The van der Waals surface area contributed by atoms with E-state index in [1.54, 1.807) is 11.7 Å². The van der Waals surface area contributed by atoms with Crippen LogP contribution in [0.1, 0.15) is 11.8 Å². The Labute approximate surface area is 64.2 Å². The second kappa shape index (κ2) is 3.37. The number of aromatic nitrogens is 1. The van der Waals surface area contributed by atoms with Gasteiger partial charge in [-0.2, -0.15) is 0 Å². The molecule has 1 rings (SSSR count). The fourth-order valence-electron chi connectivity index (χ4n) is 0.599. The molecule has 0 aliphatic heterocycles. The summed E-state index contributed by atoms with van der Waals surface area (Å²) >= 11 is 1.54. The van der Waals surface area contributed by atoms with Crippen LogP contribution in [0, 0.1) is 0 Å². The molecule has 0 radical (unpaired) electrons. The average molecular weight is 155 g/mol. The van der Waals surface area contributed by atoms with Crippen LogP contribution in [0.3, 0.4) is 0 Å². The molecule has 1 aromatic rings. The molecule has 0 fully saturated rings. The fraction of sp³-hybridized carbons (Fsp3) is 0.286. The minimum atomic E-state index is 0.663. The Morgan fingerprint density at radius 1 is 1.90 bits per heavy atom. The minimum Gasteiger partial charge on any atom is -0.493 e. The monoisotopic (exact) mass is 155 g/mol. The summed E-state index contributed by atoms with van der Waals surface area (Å²) in [5.41, 5.74) is 1.76. The first-order valence-electron chi connectivity index (χ1n) is 3.05. The summed E-state index contributed by atoms with van der Waals surface area (Å²) in [5, 5.41) is 0. The summed E-state index contributed by atoms with van der Waals surface area (Å²) in [6.07, 6.45) is 1.75. The molecule has 1 aromatic heterocycles. The fourth-order valence-corrected chi connectivity index (χ4v) is 1.15. The Morgan fingerprint density at radius 2 is 2.70 bits per heavy atom. The largest absolute Gasteiger partial charge is 0.493 e. The maximum atomic E-state index is 5.16. The maximum absolute atomic E-state index is 5.16. The molecule has 0 unspecified atom stereocenters. The van der Waals surface area contributed by atoms with E-state index < -0.39 is 0 Å². The summed E-state index contributed by atoms with van der Waals surface area (Å²) in [7, 11) is 0. The van der Waals surface area contributed by atoms with Gasteiger partial charge in [0.25, 0.3) is 0 Å². The third kappa shape index (κ3) is 1.57. The molecule has 0 spiro atoms. The highest BCUT2D eigenvalue weighted by Gasteiger charge is 1.98. The lowest BCUT2D eigenvalue weighted by Gasteiger charge is -2.01. The van der Waals surface area contributed by atoms with Crippen molar-refractivity contribution >= 4 is 17.1 Å². The second-order valence-electron chi connectivity index (χ2n) is 1.72. The predicted molar refractivity (Wildman–Crippen MR) is 42.8 cm³/mol. The Balaban J connectivity index is 2.59. The lowest BCUT2D eigenvalue weighted by molar-refractivity contribution is 0.300. The summed E-state index contributed by atoms with van der Waals surface area (Å²) in [6, 6.07) is 0.